The average Bonchev–Trinajstić information content (AvgIpc) is 3.25. The Labute approximate surface area is 152 Å². The van der Waals surface area contributed by atoms with Gasteiger partial charge in [-0.1, -0.05) is 6.07 Å². The average molecular weight is 354 g/mol. The highest BCUT2D eigenvalue weighted by molar-refractivity contribution is 5.93. The van der Waals surface area contributed by atoms with E-state index in [1.165, 1.54) is 0 Å². The zero-order chi connectivity index (χ0) is 17.8. The van der Waals surface area contributed by atoms with Crippen LogP contribution in [0, 0.1) is 0 Å². The van der Waals surface area contributed by atoms with Gasteiger partial charge in [0.15, 0.2) is 11.6 Å². The fourth-order valence-corrected chi connectivity index (χ4v) is 3.26. The molecule has 2 aliphatic rings. The van der Waals surface area contributed by atoms with E-state index in [2.05, 4.69) is 30.3 Å². The first-order chi connectivity index (χ1) is 12.8. The number of piperazine rings is 1. The molecule has 136 valence electrons. The van der Waals surface area contributed by atoms with Gasteiger partial charge in [0.05, 0.1) is 0 Å². The molecular weight excluding hydrogens is 332 g/mol. The van der Waals surface area contributed by atoms with Crippen molar-refractivity contribution in [1.29, 1.82) is 0 Å². The van der Waals surface area contributed by atoms with Crippen molar-refractivity contribution in [1.82, 2.24) is 15.2 Å². The lowest BCUT2D eigenvalue weighted by atomic mass is 10.2. The quantitative estimate of drug-likeness (QED) is 0.886. The molecule has 0 bridgehead atoms. The molecule has 2 saturated heterocycles. The summed E-state index contributed by atoms with van der Waals surface area (Å²) in [6, 6.07) is 9.65. The molecule has 26 heavy (non-hydrogen) atoms. The van der Waals surface area contributed by atoms with Crippen LogP contribution in [0.25, 0.3) is 0 Å². The summed E-state index contributed by atoms with van der Waals surface area (Å²) < 4.78 is 5.37. The molecule has 0 aliphatic carbocycles. The summed E-state index contributed by atoms with van der Waals surface area (Å²) in [4.78, 5) is 20.9. The Morgan fingerprint density at radius 3 is 2.46 bits per heavy atom. The van der Waals surface area contributed by atoms with Gasteiger partial charge in [-0.15, -0.1) is 10.2 Å². The first-order valence-electron chi connectivity index (χ1n) is 8.97. The summed E-state index contributed by atoms with van der Waals surface area (Å²) in [5, 5.41) is 11.2. The zero-order valence-corrected chi connectivity index (χ0v) is 14.5. The molecule has 0 saturated carbocycles. The number of nitrogens with one attached hydrogen (secondary N) is 1. The number of carbonyl (C=O) groups is 1. The third-order valence-electron chi connectivity index (χ3n) is 4.70. The van der Waals surface area contributed by atoms with Gasteiger partial charge in [-0.3, -0.25) is 4.79 Å². The Balaban J connectivity index is 1.32. The Morgan fingerprint density at radius 1 is 1.04 bits per heavy atom. The van der Waals surface area contributed by atoms with E-state index in [4.69, 9.17) is 4.74 Å². The van der Waals surface area contributed by atoms with Crippen molar-refractivity contribution in [3.8, 4) is 0 Å². The summed E-state index contributed by atoms with van der Waals surface area (Å²) in [5.41, 5.74) is 0. The molecule has 4 rings (SSSR count). The molecule has 0 aromatic carbocycles. The van der Waals surface area contributed by atoms with Crippen LogP contribution in [-0.2, 0) is 9.53 Å². The largest absolute Gasteiger partial charge is 0.368 e. The zero-order valence-electron chi connectivity index (χ0n) is 14.5. The number of nitrogens with zero attached hydrogens (tertiary/aromatic N) is 5. The topological polar surface area (TPSA) is 83.5 Å². The van der Waals surface area contributed by atoms with E-state index >= 15 is 0 Å². The Kier molecular flexibility index (Phi) is 4.92. The van der Waals surface area contributed by atoms with Gasteiger partial charge in [0.25, 0.3) is 5.91 Å². The number of hydrogen-bond donors (Lipinski definition) is 1. The van der Waals surface area contributed by atoms with Gasteiger partial charge in [-0.05, 0) is 37.1 Å². The van der Waals surface area contributed by atoms with Gasteiger partial charge in [-0.2, -0.15) is 0 Å². The third-order valence-corrected chi connectivity index (χ3v) is 4.70. The predicted molar refractivity (Wildman–Crippen MR) is 98.3 cm³/mol. The lowest BCUT2D eigenvalue weighted by molar-refractivity contribution is -0.124. The van der Waals surface area contributed by atoms with Crippen LogP contribution >= 0.6 is 0 Å². The maximum absolute atomic E-state index is 12.0. The molecule has 2 fully saturated rings. The van der Waals surface area contributed by atoms with Crippen LogP contribution < -0.4 is 15.1 Å². The minimum Gasteiger partial charge on any atom is -0.368 e. The highest BCUT2D eigenvalue weighted by Gasteiger charge is 2.24. The van der Waals surface area contributed by atoms with E-state index in [1.54, 1.807) is 6.07 Å². The van der Waals surface area contributed by atoms with Crippen LogP contribution in [0.4, 0.5) is 17.5 Å². The second-order valence-electron chi connectivity index (χ2n) is 6.43. The van der Waals surface area contributed by atoms with Crippen molar-refractivity contribution in [3.63, 3.8) is 0 Å². The molecule has 1 N–H and O–H groups in total. The van der Waals surface area contributed by atoms with Gasteiger partial charge in [-0.25, -0.2) is 4.98 Å². The molecule has 2 aromatic heterocycles. The van der Waals surface area contributed by atoms with Crippen LogP contribution in [0.1, 0.15) is 12.8 Å². The lowest BCUT2D eigenvalue weighted by Crippen LogP contribution is -2.47. The van der Waals surface area contributed by atoms with Crippen molar-refractivity contribution >= 4 is 23.4 Å². The summed E-state index contributed by atoms with van der Waals surface area (Å²) in [7, 11) is 0. The highest BCUT2D eigenvalue weighted by Crippen LogP contribution is 2.18. The van der Waals surface area contributed by atoms with Gasteiger partial charge in [0, 0.05) is 39.0 Å². The molecule has 0 radical (unpaired) electrons. The van der Waals surface area contributed by atoms with Crippen molar-refractivity contribution in [2.45, 2.75) is 18.9 Å². The number of rotatable bonds is 4. The molecule has 0 spiro atoms. The molecule has 4 heterocycles. The monoisotopic (exact) mass is 354 g/mol. The van der Waals surface area contributed by atoms with E-state index in [0.717, 1.165) is 50.7 Å². The SMILES string of the molecule is O=C(Nc1ccc(N2CCN(c3ccccn3)CC2)nn1)C1CCCO1. The van der Waals surface area contributed by atoms with Crippen molar-refractivity contribution in [2.24, 2.45) is 0 Å². The smallest absolute Gasteiger partial charge is 0.254 e. The van der Waals surface area contributed by atoms with Crippen LogP contribution in [-0.4, -0.2) is 60.0 Å². The standard InChI is InChI=1S/C18H22N6O2/c25-18(14-4-3-13-26-14)20-15-6-7-17(22-21-15)24-11-9-23(10-12-24)16-5-1-2-8-19-16/h1-2,5-8,14H,3-4,9-13H2,(H,20,21,25). The second kappa shape index (κ2) is 7.65. The van der Waals surface area contributed by atoms with Crippen LogP contribution in [0.15, 0.2) is 36.5 Å². The van der Waals surface area contributed by atoms with Crippen LogP contribution in [0.5, 0.6) is 0 Å². The molecule has 1 atom stereocenters. The minimum atomic E-state index is -0.365. The van der Waals surface area contributed by atoms with Crippen molar-refractivity contribution in [3.05, 3.63) is 36.5 Å². The predicted octanol–water partition coefficient (Wildman–Crippen LogP) is 1.32. The maximum Gasteiger partial charge on any atom is 0.254 e. The summed E-state index contributed by atoms with van der Waals surface area (Å²) in [5.74, 6) is 2.14. The number of aromatic nitrogens is 3. The highest BCUT2D eigenvalue weighted by atomic mass is 16.5. The van der Waals surface area contributed by atoms with E-state index in [1.807, 2.05) is 30.5 Å². The third kappa shape index (κ3) is 3.75. The van der Waals surface area contributed by atoms with Gasteiger partial charge in [0.1, 0.15) is 11.9 Å². The first-order valence-corrected chi connectivity index (χ1v) is 8.97. The first kappa shape index (κ1) is 16.7. The van der Waals surface area contributed by atoms with Crippen molar-refractivity contribution < 1.29 is 9.53 Å². The summed E-state index contributed by atoms with van der Waals surface area (Å²) in [6.45, 7) is 4.12. The fraction of sp³-hybridized carbons (Fsp3) is 0.444. The van der Waals surface area contributed by atoms with Crippen LogP contribution in [0.3, 0.4) is 0 Å². The molecule has 1 amide bonds. The number of carbonyl (C=O) groups excluding carboxylic acids is 1. The van der Waals surface area contributed by atoms with Gasteiger partial charge >= 0.3 is 0 Å². The lowest BCUT2D eigenvalue weighted by Gasteiger charge is -2.35. The Bertz CT molecular complexity index is 725. The molecular formula is C18H22N6O2. The minimum absolute atomic E-state index is 0.145. The van der Waals surface area contributed by atoms with Crippen molar-refractivity contribution in [2.75, 3.05) is 47.9 Å². The summed E-state index contributed by atoms with van der Waals surface area (Å²) >= 11 is 0. The molecule has 8 heteroatoms. The summed E-state index contributed by atoms with van der Waals surface area (Å²) in [6.07, 6.45) is 3.14. The second-order valence-corrected chi connectivity index (χ2v) is 6.43. The number of hydrogen-bond acceptors (Lipinski definition) is 7. The number of ether oxygens (including phenoxy) is 1. The Morgan fingerprint density at radius 2 is 1.85 bits per heavy atom. The normalized spacial score (nSPS) is 20.2. The maximum atomic E-state index is 12.0. The Hall–Kier alpha value is -2.74. The van der Waals surface area contributed by atoms with E-state index < -0.39 is 0 Å². The molecule has 2 aliphatic heterocycles. The van der Waals surface area contributed by atoms with E-state index in [-0.39, 0.29) is 12.0 Å². The number of anilines is 3. The number of amides is 1. The molecule has 2 aromatic rings. The van der Waals surface area contributed by atoms with Gasteiger partial charge < -0.3 is 19.9 Å². The number of pyridine rings is 1. The molecule has 8 nitrogen and oxygen atoms in total. The fourth-order valence-electron chi connectivity index (χ4n) is 3.26. The van der Waals surface area contributed by atoms with Crippen LogP contribution in [0.2, 0.25) is 0 Å². The van der Waals surface area contributed by atoms with E-state index in [9.17, 15) is 4.79 Å². The van der Waals surface area contributed by atoms with E-state index in [0.29, 0.717) is 12.4 Å². The molecule has 1 unspecified atom stereocenters. The van der Waals surface area contributed by atoms with Gasteiger partial charge in [0.2, 0.25) is 0 Å².